The molecule has 1 aliphatic heterocycles. The van der Waals surface area contributed by atoms with Gasteiger partial charge >= 0.3 is 12.0 Å². The van der Waals surface area contributed by atoms with Crippen LogP contribution in [0.4, 0.5) is 4.79 Å². The van der Waals surface area contributed by atoms with Gasteiger partial charge in [-0.05, 0) is 39.8 Å². The topological polar surface area (TPSA) is 118 Å². The number of esters is 1. The minimum atomic E-state index is -1.16. The number of rotatable bonds is 5. The van der Waals surface area contributed by atoms with Crippen molar-refractivity contribution in [3.05, 3.63) is 24.2 Å². The van der Waals surface area contributed by atoms with Crippen molar-refractivity contribution in [1.29, 1.82) is 0 Å². The summed E-state index contributed by atoms with van der Waals surface area (Å²) in [7, 11) is 0. The van der Waals surface area contributed by atoms with E-state index in [4.69, 9.17) is 9.15 Å². The highest BCUT2D eigenvalue weighted by molar-refractivity contribution is 5.97. The van der Waals surface area contributed by atoms with Crippen LogP contribution in [0.5, 0.6) is 0 Å². The average Bonchev–Trinajstić information content (AvgIpc) is 3.16. The molecular weight excluding hydrogens is 354 g/mol. The van der Waals surface area contributed by atoms with Crippen molar-refractivity contribution in [3.8, 4) is 0 Å². The lowest BCUT2D eigenvalue weighted by Gasteiger charge is -2.21. The van der Waals surface area contributed by atoms with Crippen LogP contribution in [0.25, 0.3) is 0 Å². The van der Waals surface area contributed by atoms with Gasteiger partial charge in [-0.15, -0.1) is 0 Å². The molecule has 27 heavy (non-hydrogen) atoms. The highest BCUT2D eigenvalue weighted by Gasteiger charge is 2.37. The molecule has 1 fully saturated rings. The first-order valence-corrected chi connectivity index (χ1v) is 8.69. The van der Waals surface area contributed by atoms with E-state index in [1.807, 2.05) is 0 Å². The van der Waals surface area contributed by atoms with Gasteiger partial charge in [0, 0.05) is 18.5 Å². The second-order valence-electron chi connectivity index (χ2n) is 7.53. The first-order valence-electron chi connectivity index (χ1n) is 8.69. The van der Waals surface area contributed by atoms with E-state index in [9.17, 15) is 19.2 Å². The van der Waals surface area contributed by atoms with Gasteiger partial charge in [-0.1, -0.05) is 0 Å². The number of ether oxygens (including phenoxy) is 1. The van der Waals surface area contributed by atoms with E-state index in [0.717, 1.165) is 0 Å². The van der Waals surface area contributed by atoms with E-state index in [1.54, 1.807) is 32.9 Å². The molecule has 0 saturated carbocycles. The van der Waals surface area contributed by atoms with Crippen LogP contribution in [0, 0.1) is 5.92 Å². The maximum atomic E-state index is 12.3. The third kappa shape index (κ3) is 6.12. The molecule has 2 atom stereocenters. The zero-order valence-corrected chi connectivity index (χ0v) is 15.9. The molecule has 1 aliphatic rings. The van der Waals surface area contributed by atoms with Gasteiger partial charge in [-0.2, -0.15) is 0 Å². The average molecular weight is 379 g/mol. The van der Waals surface area contributed by atoms with E-state index < -0.39 is 35.5 Å². The summed E-state index contributed by atoms with van der Waals surface area (Å²) in [4.78, 5) is 49.5. The van der Waals surface area contributed by atoms with Crippen molar-refractivity contribution < 1.29 is 28.3 Å². The van der Waals surface area contributed by atoms with Gasteiger partial charge in [0.25, 0.3) is 5.91 Å². The second-order valence-corrected chi connectivity index (χ2v) is 7.53. The molecule has 4 amide bonds. The van der Waals surface area contributed by atoms with Gasteiger partial charge in [0.2, 0.25) is 5.91 Å². The molecule has 1 aromatic rings. The number of carbonyl (C=O) groups excluding carboxylic acids is 4. The quantitative estimate of drug-likeness (QED) is 0.742. The minimum absolute atomic E-state index is 0.0123. The van der Waals surface area contributed by atoms with Crippen molar-refractivity contribution in [2.45, 2.75) is 52.3 Å². The van der Waals surface area contributed by atoms with Crippen molar-refractivity contribution >= 4 is 23.8 Å². The van der Waals surface area contributed by atoms with E-state index >= 15 is 0 Å². The third-order valence-electron chi connectivity index (χ3n) is 3.86. The molecule has 1 saturated heterocycles. The molecule has 1 aromatic heterocycles. The highest BCUT2D eigenvalue weighted by Crippen LogP contribution is 2.22. The number of furan rings is 1. The summed E-state index contributed by atoms with van der Waals surface area (Å²) in [5, 5.41) is 4.70. The molecule has 0 spiro atoms. The molecule has 2 heterocycles. The van der Waals surface area contributed by atoms with Crippen LogP contribution < -0.4 is 10.6 Å². The van der Waals surface area contributed by atoms with Crippen LogP contribution in [0.15, 0.2) is 22.8 Å². The Labute approximate surface area is 157 Å². The molecule has 0 aliphatic carbocycles. The normalized spacial score (nSPS) is 18.1. The fourth-order valence-corrected chi connectivity index (χ4v) is 2.58. The molecule has 0 radical (unpaired) electrons. The summed E-state index contributed by atoms with van der Waals surface area (Å²) < 4.78 is 10.3. The largest absolute Gasteiger partial charge is 0.467 e. The molecule has 148 valence electrons. The molecule has 0 unspecified atom stereocenters. The highest BCUT2D eigenvalue weighted by atomic mass is 16.5. The van der Waals surface area contributed by atoms with Crippen LogP contribution in [-0.4, -0.2) is 46.9 Å². The van der Waals surface area contributed by atoms with Crippen LogP contribution in [0.1, 0.15) is 39.9 Å². The Bertz CT molecular complexity index is 707. The molecule has 0 bridgehead atoms. The number of hydrogen-bond acceptors (Lipinski definition) is 6. The maximum Gasteiger partial charge on any atom is 0.321 e. The van der Waals surface area contributed by atoms with E-state index in [1.165, 1.54) is 18.1 Å². The summed E-state index contributed by atoms with van der Waals surface area (Å²) in [6, 6.07) is 2.79. The van der Waals surface area contributed by atoms with Crippen LogP contribution >= 0.6 is 0 Å². The van der Waals surface area contributed by atoms with Crippen LogP contribution in [0.3, 0.4) is 0 Å². The zero-order chi connectivity index (χ0) is 20.2. The zero-order valence-electron chi connectivity index (χ0n) is 15.9. The van der Waals surface area contributed by atoms with Crippen LogP contribution in [0.2, 0.25) is 0 Å². The number of urea groups is 1. The van der Waals surface area contributed by atoms with Gasteiger partial charge in [-0.3, -0.25) is 19.7 Å². The Balaban J connectivity index is 1.82. The Kier molecular flexibility index (Phi) is 6.24. The Morgan fingerprint density at radius 1 is 1.37 bits per heavy atom. The number of carbonyl (C=O) groups is 4. The minimum Gasteiger partial charge on any atom is -0.467 e. The van der Waals surface area contributed by atoms with Crippen molar-refractivity contribution in [2.75, 3.05) is 6.54 Å². The summed E-state index contributed by atoms with van der Waals surface area (Å²) in [6.45, 7) is 7.15. The fourth-order valence-electron chi connectivity index (χ4n) is 2.58. The predicted octanol–water partition coefficient (Wildman–Crippen LogP) is 1.18. The molecular formula is C18H25N3O6. The Morgan fingerprint density at radius 3 is 2.67 bits per heavy atom. The molecule has 9 nitrogen and oxygen atoms in total. The lowest BCUT2D eigenvalue weighted by molar-refractivity contribution is -0.158. The molecule has 2 N–H and O–H groups in total. The third-order valence-corrected chi connectivity index (χ3v) is 3.86. The fraction of sp³-hybridized carbons (Fsp3) is 0.556. The van der Waals surface area contributed by atoms with Gasteiger partial charge in [-0.25, -0.2) is 4.79 Å². The Morgan fingerprint density at radius 2 is 2.07 bits per heavy atom. The van der Waals surface area contributed by atoms with Gasteiger partial charge < -0.3 is 19.4 Å². The van der Waals surface area contributed by atoms with Crippen molar-refractivity contribution in [2.24, 2.45) is 5.92 Å². The van der Waals surface area contributed by atoms with E-state index in [-0.39, 0.29) is 25.4 Å². The first-order chi connectivity index (χ1) is 12.5. The monoisotopic (exact) mass is 379 g/mol. The summed E-state index contributed by atoms with van der Waals surface area (Å²) in [5.74, 6) is -1.61. The number of nitrogens with zero attached hydrogens (tertiary/aromatic N) is 1. The van der Waals surface area contributed by atoms with E-state index in [2.05, 4.69) is 10.6 Å². The summed E-state index contributed by atoms with van der Waals surface area (Å²) in [5.41, 5.74) is -0.508. The van der Waals surface area contributed by atoms with Crippen molar-refractivity contribution in [3.63, 3.8) is 0 Å². The number of likely N-dealkylation sites (tertiary alicyclic amines) is 1. The van der Waals surface area contributed by atoms with Gasteiger partial charge in [0.15, 0.2) is 6.10 Å². The molecule has 0 aromatic carbocycles. The molecule has 2 rings (SSSR count). The SMILES string of the molecule is C[C@H](OC(=O)[C@@H]1CC(=O)N(Cc2ccco2)C1)C(=O)NC(=O)NC(C)(C)C. The van der Waals surface area contributed by atoms with Gasteiger partial charge in [0.1, 0.15) is 5.76 Å². The summed E-state index contributed by atoms with van der Waals surface area (Å²) in [6.07, 6.45) is 0.369. The maximum absolute atomic E-state index is 12.3. The number of amides is 4. The number of imide groups is 1. The number of nitrogens with one attached hydrogen (secondary N) is 2. The smallest absolute Gasteiger partial charge is 0.321 e. The first kappa shape index (κ1) is 20.5. The number of hydrogen-bond donors (Lipinski definition) is 2. The van der Waals surface area contributed by atoms with Crippen LogP contribution in [-0.2, 0) is 25.7 Å². The predicted molar refractivity (Wildman–Crippen MR) is 94.2 cm³/mol. The van der Waals surface area contributed by atoms with E-state index in [0.29, 0.717) is 5.76 Å². The lowest BCUT2D eigenvalue weighted by Crippen LogP contribution is -2.50. The second kappa shape index (κ2) is 8.24. The summed E-state index contributed by atoms with van der Waals surface area (Å²) >= 11 is 0. The molecule has 9 heteroatoms. The standard InChI is InChI=1S/C18H25N3O6/c1-11(15(23)19-17(25)20-18(2,3)4)27-16(24)12-8-14(22)21(9-12)10-13-6-5-7-26-13/h5-7,11-12H,8-10H2,1-4H3,(H2,19,20,23,25)/t11-,12+/m0/s1. The Hall–Kier alpha value is -2.84. The van der Waals surface area contributed by atoms with Gasteiger partial charge in [0.05, 0.1) is 18.7 Å². The van der Waals surface area contributed by atoms with Crippen molar-refractivity contribution in [1.82, 2.24) is 15.5 Å². The lowest BCUT2D eigenvalue weighted by atomic mass is 10.1.